The second-order valence-electron chi connectivity index (χ2n) is 6.81. The molecule has 154 valence electrons. The highest BCUT2D eigenvalue weighted by molar-refractivity contribution is 5.73. The molecule has 0 radical (unpaired) electrons. The van der Waals surface area contributed by atoms with Gasteiger partial charge in [0.1, 0.15) is 0 Å². The number of carboxylic acid groups (broad SMARTS) is 1. The first kappa shape index (κ1) is 22.0. The summed E-state index contributed by atoms with van der Waals surface area (Å²) in [6, 6.07) is 10.1. The Bertz CT molecular complexity index is 693. The van der Waals surface area contributed by atoms with E-state index in [1.54, 1.807) is 0 Å². The molecule has 1 N–H and O–H groups in total. The number of aliphatic carboxylic acids is 1. The number of alkyl halides is 3. The van der Waals surface area contributed by atoms with Crippen LogP contribution in [0.4, 0.5) is 18.9 Å². The molecule has 0 aromatic heterocycles. The first-order valence-electron chi connectivity index (χ1n) is 9.10. The summed E-state index contributed by atoms with van der Waals surface area (Å²) in [5.41, 5.74) is 2.20. The lowest BCUT2D eigenvalue weighted by Crippen LogP contribution is -2.61. The van der Waals surface area contributed by atoms with Crippen LogP contribution in [-0.4, -0.2) is 67.1 Å². The van der Waals surface area contributed by atoms with Crippen molar-refractivity contribution in [3.8, 4) is 6.07 Å². The number of anilines is 1. The van der Waals surface area contributed by atoms with Gasteiger partial charge in [0.2, 0.25) is 0 Å². The molecule has 2 fully saturated rings. The number of piperidine rings is 1. The predicted octanol–water partition coefficient (Wildman–Crippen LogP) is 2.88. The van der Waals surface area contributed by atoms with Crippen LogP contribution in [0.15, 0.2) is 24.3 Å². The molecule has 0 bridgehead atoms. The quantitative estimate of drug-likeness (QED) is 0.824. The maximum Gasteiger partial charge on any atom is 0.490 e. The van der Waals surface area contributed by atoms with Gasteiger partial charge in [-0.05, 0) is 43.7 Å². The van der Waals surface area contributed by atoms with Crippen molar-refractivity contribution in [2.24, 2.45) is 0 Å². The monoisotopic (exact) mass is 399 g/mol. The minimum absolute atomic E-state index is 0.246. The molecule has 1 spiro atoms. The Morgan fingerprint density at radius 3 is 2.29 bits per heavy atom. The van der Waals surface area contributed by atoms with Crippen LogP contribution < -0.4 is 4.90 Å². The van der Waals surface area contributed by atoms with Gasteiger partial charge in [0.25, 0.3) is 0 Å². The fourth-order valence-electron chi connectivity index (χ4n) is 3.65. The normalized spacial score (nSPS) is 19.5. The molecule has 2 heterocycles. The summed E-state index contributed by atoms with van der Waals surface area (Å²) in [6.45, 7) is 8.29. The Hall–Kier alpha value is -2.31. The highest BCUT2D eigenvalue weighted by Gasteiger charge is 2.41. The van der Waals surface area contributed by atoms with Gasteiger partial charge in [-0.3, -0.25) is 4.90 Å². The van der Waals surface area contributed by atoms with E-state index in [0.717, 1.165) is 57.8 Å². The summed E-state index contributed by atoms with van der Waals surface area (Å²) in [4.78, 5) is 13.9. The van der Waals surface area contributed by atoms with Crippen LogP contribution in [-0.2, 0) is 9.53 Å². The zero-order chi connectivity index (χ0) is 20.8. The lowest BCUT2D eigenvalue weighted by molar-refractivity contribution is -0.192. The molecule has 0 unspecified atom stereocenters. The summed E-state index contributed by atoms with van der Waals surface area (Å²) in [6.07, 6.45) is -2.78. The molecule has 2 aliphatic heterocycles. The van der Waals surface area contributed by atoms with Gasteiger partial charge in [-0.2, -0.15) is 18.4 Å². The fourth-order valence-corrected chi connectivity index (χ4v) is 3.65. The number of likely N-dealkylation sites (N-methyl/N-ethyl adjacent to an activating group) is 1. The molecule has 28 heavy (non-hydrogen) atoms. The third-order valence-corrected chi connectivity index (χ3v) is 5.23. The third kappa shape index (κ3) is 5.36. The number of morpholine rings is 1. The van der Waals surface area contributed by atoms with E-state index in [1.165, 1.54) is 5.69 Å². The van der Waals surface area contributed by atoms with Crippen LogP contribution >= 0.6 is 0 Å². The van der Waals surface area contributed by atoms with Crippen LogP contribution in [0.5, 0.6) is 0 Å². The Labute approximate surface area is 162 Å². The lowest BCUT2D eigenvalue weighted by atomic mass is 9.85. The maximum atomic E-state index is 10.6. The van der Waals surface area contributed by atoms with E-state index in [9.17, 15) is 13.2 Å². The number of halogens is 3. The van der Waals surface area contributed by atoms with Crippen molar-refractivity contribution in [2.45, 2.75) is 31.5 Å². The number of hydrogen-bond acceptors (Lipinski definition) is 5. The van der Waals surface area contributed by atoms with Gasteiger partial charge < -0.3 is 14.7 Å². The number of nitriles is 1. The van der Waals surface area contributed by atoms with E-state index >= 15 is 0 Å². The van der Waals surface area contributed by atoms with Crippen molar-refractivity contribution < 1.29 is 27.8 Å². The van der Waals surface area contributed by atoms with Crippen molar-refractivity contribution in [1.29, 1.82) is 5.26 Å². The number of benzene rings is 1. The van der Waals surface area contributed by atoms with E-state index < -0.39 is 12.1 Å². The average Bonchev–Trinajstić information content (AvgIpc) is 2.69. The van der Waals surface area contributed by atoms with Crippen molar-refractivity contribution in [3.63, 3.8) is 0 Å². The summed E-state index contributed by atoms with van der Waals surface area (Å²) >= 11 is 0. The van der Waals surface area contributed by atoms with Gasteiger partial charge in [0.05, 0.1) is 24.8 Å². The highest BCUT2D eigenvalue weighted by atomic mass is 19.4. The molecule has 1 aromatic carbocycles. The molecule has 9 heteroatoms. The van der Waals surface area contributed by atoms with Crippen molar-refractivity contribution >= 4 is 11.7 Å². The molecular weight excluding hydrogens is 375 g/mol. The summed E-state index contributed by atoms with van der Waals surface area (Å²) in [5, 5.41) is 16.0. The van der Waals surface area contributed by atoms with E-state index in [1.807, 2.05) is 12.1 Å². The van der Waals surface area contributed by atoms with E-state index in [-0.39, 0.29) is 5.54 Å². The minimum Gasteiger partial charge on any atom is -0.475 e. The number of ether oxygens (including phenoxy) is 1. The van der Waals surface area contributed by atoms with Crippen molar-refractivity contribution in [2.75, 3.05) is 44.3 Å². The third-order valence-electron chi connectivity index (χ3n) is 5.23. The van der Waals surface area contributed by atoms with Gasteiger partial charge in [0, 0.05) is 30.9 Å². The van der Waals surface area contributed by atoms with Crippen molar-refractivity contribution in [3.05, 3.63) is 29.8 Å². The molecule has 6 nitrogen and oxygen atoms in total. The van der Waals surface area contributed by atoms with Crippen LogP contribution in [0.3, 0.4) is 0 Å². The van der Waals surface area contributed by atoms with Gasteiger partial charge in [-0.1, -0.05) is 6.92 Å². The van der Waals surface area contributed by atoms with Gasteiger partial charge in [-0.25, -0.2) is 4.79 Å². The molecule has 1 aromatic rings. The predicted molar refractivity (Wildman–Crippen MR) is 97.1 cm³/mol. The molecule has 3 rings (SSSR count). The van der Waals surface area contributed by atoms with Crippen LogP contribution in [0, 0.1) is 11.3 Å². The van der Waals surface area contributed by atoms with E-state index in [2.05, 4.69) is 34.9 Å². The minimum atomic E-state index is -5.08. The molecule has 0 saturated carbocycles. The van der Waals surface area contributed by atoms with E-state index in [4.69, 9.17) is 19.9 Å². The number of hydrogen-bond donors (Lipinski definition) is 1. The van der Waals surface area contributed by atoms with Crippen LogP contribution in [0.2, 0.25) is 0 Å². The van der Waals surface area contributed by atoms with Gasteiger partial charge >= 0.3 is 12.1 Å². The Balaban J connectivity index is 0.000000345. The zero-order valence-corrected chi connectivity index (χ0v) is 15.7. The largest absolute Gasteiger partial charge is 0.490 e. The summed E-state index contributed by atoms with van der Waals surface area (Å²) < 4.78 is 37.5. The van der Waals surface area contributed by atoms with Crippen molar-refractivity contribution in [1.82, 2.24) is 4.90 Å². The number of carboxylic acids is 1. The second-order valence-corrected chi connectivity index (χ2v) is 6.81. The van der Waals surface area contributed by atoms with Crippen LogP contribution in [0.25, 0.3) is 0 Å². The molecule has 0 amide bonds. The van der Waals surface area contributed by atoms with Gasteiger partial charge in [-0.15, -0.1) is 0 Å². The number of nitrogens with zero attached hydrogens (tertiary/aromatic N) is 3. The van der Waals surface area contributed by atoms with E-state index in [0.29, 0.717) is 0 Å². The molecule has 2 aliphatic rings. The number of rotatable bonds is 2. The molecule has 0 atom stereocenters. The molecular formula is C19H24F3N3O3. The topological polar surface area (TPSA) is 76.8 Å². The molecule has 2 saturated heterocycles. The fraction of sp³-hybridized carbons (Fsp3) is 0.579. The SMILES string of the molecule is CCN1CCOCC12CCN(c1ccc(C#N)cc1)CC2.O=C(O)C(F)(F)F. The number of carbonyl (C=O) groups is 1. The first-order chi connectivity index (χ1) is 13.2. The lowest BCUT2D eigenvalue weighted by Gasteiger charge is -2.51. The first-order valence-corrected chi connectivity index (χ1v) is 9.10. The smallest absolute Gasteiger partial charge is 0.475 e. The Kier molecular flexibility index (Phi) is 7.27. The standard InChI is InChI=1S/C17H23N3O.C2HF3O2/c1-2-20-11-12-21-14-17(20)7-9-19(10-8-17)16-5-3-15(13-18)4-6-16;3-2(4,5)1(6)7/h3-6H,2,7-12,14H2,1H3;(H,6,7). The summed E-state index contributed by atoms with van der Waals surface area (Å²) in [7, 11) is 0. The second kappa shape index (κ2) is 9.26. The summed E-state index contributed by atoms with van der Waals surface area (Å²) in [5.74, 6) is -2.76. The Morgan fingerprint density at radius 1 is 1.25 bits per heavy atom. The van der Waals surface area contributed by atoms with Crippen LogP contribution in [0.1, 0.15) is 25.3 Å². The maximum absolute atomic E-state index is 10.6. The molecule has 0 aliphatic carbocycles. The van der Waals surface area contributed by atoms with Gasteiger partial charge in [0.15, 0.2) is 0 Å². The highest BCUT2D eigenvalue weighted by Crippen LogP contribution is 2.33. The zero-order valence-electron chi connectivity index (χ0n) is 15.7. The average molecular weight is 399 g/mol. The Morgan fingerprint density at radius 2 is 1.82 bits per heavy atom.